The van der Waals surface area contributed by atoms with Gasteiger partial charge in [0, 0.05) is 33.5 Å². The molecule has 1 fully saturated rings. The van der Waals surface area contributed by atoms with Crippen molar-refractivity contribution in [1.29, 1.82) is 0 Å². The zero-order chi connectivity index (χ0) is 11.6. The van der Waals surface area contributed by atoms with E-state index in [2.05, 4.69) is 24.8 Å². The van der Waals surface area contributed by atoms with Crippen LogP contribution in [0.3, 0.4) is 0 Å². The zero-order valence-electron chi connectivity index (χ0n) is 10.1. The molecule has 2 rings (SSSR count). The first-order valence-electron chi connectivity index (χ1n) is 5.52. The molecule has 90 valence electrons. The lowest BCUT2D eigenvalue weighted by Crippen LogP contribution is -2.18. The Morgan fingerprint density at radius 2 is 1.88 bits per heavy atom. The third-order valence-corrected chi connectivity index (χ3v) is 2.79. The quantitative estimate of drug-likeness (QED) is 0.737. The van der Waals surface area contributed by atoms with E-state index in [1.165, 1.54) is 25.9 Å². The number of pyridine rings is 1. The summed E-state index contributed by atoms with van der Waals surface area (Å²) in [4.78, 5) is 6.62. The van der Waals surface area contributed by atoms with Crippen molar-refractivity contribution in [2.24, 2.45) is 0 Å². The molecule has 0 aliphatic carbocycles. The van der Waals surface area contributed by atoms with Gasteiger partial charge in [-0.3, -0.25) is 0 Å². The van der Waals surface area contributed by atoms with Gasteiger partial charge < -0.3 is 13.8 Å². The van der Waals surface area contributed by atoms with E-state index in [1.807, 2.05) is 18.3 Å². The number of rotatable bonds is 3. The average Bonchev–Trinajstić information content (AvgIpc) is 2.86. The summed E-state index contributed by atoms with van der Waals surface area (Å²) in [5.41, 5.74) is 0. The van der Waals surface area contributed by atoms with Gasteiger partial charge in [0.05, 0.1) is 0 Å². The highest BCUT2D eigenvalue weighted by atomic mass is 28.3. The normalized spacial score (nSPS) is 14.5. The van der Waals surface area contributed by atoms with Gasteiger partial charge in [-0.25, -0.2) is 4.98 Å². The van der Waals surface area contributed by atoms with Crippen LogP contribution in [0.2, 0.25) is 0 Å². The van der Waals surface area contributed by atoms with E-state index in [-0.39, 0.29) is 0 Å². The van der Waals surface area contributed by atoms with E-state index in [1.54, 1.807) is 14.2 Å². The van der Waals surface area contributed by atoms with Crippen LogP contribution >= 0.6 is 0 Å². The molecule has 0 aromatic carbocycles. The monoisotopic (exact) mass is 240 g/mol. The van der Waals surface area contributed by atoms with Crippen LogP contribution in [0, 0.1) is 0 Å². The van der Waals surface area contributed by atoms with Gasteiger partial charge in [-0.1, -0.05) is 6.07 Å². The molecule has 1 saturated heterocycles. The highest BCUT2D eigenvalue weighted by molar-refractivity contribution is 6.17. The van der Waals surface area contributed by atoms with Gasteiger partial charge in [0.1, 0.15) is 5.82 Å². The number of nitrogens with zero attached hydrogens (tertiary/aromatic N) is 2. The second kappa shape index (κ2) is 8.26. The van der Waals surface area contributed by atoms with E-state index in [0.717, 1.165) is 5.82 Å². The third kappa shape index (κ3) is 4.74. The Balaban J connectivity index is 0.000000221. The van der Waals surface area contributed by atoms with Crippen LogP contribution < -0.4 is 4.90 Å². The van der Waals surface area contributed by atoms with E-state index in [4.69, 9.17) is 0 Å². The summed E-state index contributed by atoms with van der Waals surface area (Å²) in [6, 6.07) is 6.07. The Morgan fingerprint density at radius 1 is 1.19 bits per heavy atom. The third-order valence-electron chi connectivity index (χ3n) is 2.32. The average molecular weight is 240 g/mol. The number of hydrogen-bond donors (Lipinski definition) is 0. The van der Waals surface area contributed by atoms with Crippen molar-refractivity contribution in [3.8, 4) is 0 Å². The van der Waals surface area contributed by atoms with Gasteiger partial charge in [0.2, 0.25) is 0 Å². The molecule has 0 unspecified atom stereocenters. The predicted molar refractivity (Wildman–Crippen MR) is 68.2 cm³/mol. The molecule has 0 saturated carbocycles. The minimum Gasteiger partial charge on any atom is -0.402 e. The van der Waals surface area contributed by atoms with Gasteiger partial charge in [0.15, 0.2) is 0 Å². The summed E-state index contributed by atoms with van der Waals surface area (Å²) in [5.74, 6) is 1.13. The van der Waals surface area contributed by atoms with Crippen LogP contribution in [-0.2, 0) is 8.85 Å². The summed E-state index contributed by atoms with van der Waals surface area (Å²) < 4.78 is 9.22. The minimum atomic E-state index is -0.568. The fourth-order valence-corrected chi connectivity index (χ4v) is 1.84. The fourth-order valence-electron chi connectivity index (χ4n) is 1.60. The van der Waals surface area contributed by atoms with Crippen molar-refractivity contribution in [1.82, 2.24) is 4.98 Å². The Morgan fingerprint density at radius 3 is 2.31 bits per heavy atom. The minimum absolute atomic E-state index is 0.568. The lowest BCUT2D eigenvalue weighted by Gasteiger charge is -2.14. The molecule has 0 radical (unpaired) electrons. The van der Waals surface area contributed by atoms with Crippen molar-refractivity contribution in [3.63, 3.8) is 0 Å². The van der Waals surface area contributed by atoms with Crippen LogP contribution in [-0.4, -0.2) is 42.3 Å². The fraction of sp³-hybridized carbons (Fsp3) is 0.545. The van der Waals surface area contributed by atoms with Gasteiger partial charge in [-0.15, -0.1) is 0 Å². The van der Waals surface area contributed by atoms with Gasteiger partial charge in [-0.2, -0.15) is 0 Å². The molecule has 1 aliphatic heterocycles. The van der Waals surface area contributed by atoms with E-state index >= 15 is 0 Å². The molecule has 1 aromatic rings. The van der Waals surface area contributed by atoms with Crippen molar-refractivity contribution in [2.45, 2.75) is 12.8 Å². The highest BCUT2D eigenvalue weighted by Gasteiger charge is 2.11. The molecule has 0 atom stereocenters. The largest absolute Gasteiger partial charge is 0.402 e. The maximum absolute atomic E-state index is 4.61. The Bertz CT molecular complexity index is 264. The van der Waals surface area contributed by atoms with Gasteiger partial charge in [0.25, 0.3) is 0 Å². The maximum Gasteiger partial charge on any atom is 0.303 e. The molecule has 4 nitrogen and oxygen atoms in total. The van der Waals surface area contributed by atoms with Crippen LogP contribution in [0.25, 0.3) is 0 Å². The van der Waals surface area contributed by atoms with E-state index in [9.17, 15) is 0 Å². The standard InChI is InChI=1S/C9H12N2.C2H8O2Si/c1-2-6-10-9(5-1)11-7-3-4-8-11;1-3-5-4-2/h1-2,5-6H,3-4,7-8H2;5H2,1-2H3. The molecule has 0 spiro atoms. The maximum atomic E-state index is 4.61. The van der Waals surface area contributed by atoms with E-state index < -0.39 is 10.0 Å². The van der Waals surface area contributed by atoms with Crippen molar-refractivity contribution in [2.75, 3.05) is 32.2 Å². The zero-order valence-corrected chi connectivity index (χ0v) is 11.5. The molecule has 1 aromatic heterocycles. The van der Waals surface area contributed by atoms with Crippen molar-refractivity contribution in [3.05, 3.63) is 24.4 Å². The summed E-state index contributed by atoms with van der Waals surface area (Å²) in [5, 5.41) is 0. The lowest BCUT2D eigenvalue weighted by molar-refractivity contribution is 0.309. The molecule has 16 heavy (non-hydrogen) atoms. The van der Waals surface area contributed by atoms with Crippen molar-refractivity contribution >= 4 is 15.8 Å². The molecule has 0 bridgehead atoms. The first-order valence-corrected chi connectivity index (χ1v) is 6.68. The lowest BCUT2D eigenvalue weighted by atomic mass is 10.4. The van der Waals surface area contributed by atoms with Crippen LogP contribution in [0.4, 0.5) is 5.82 Å². The van der Waals surface area contributed by atoms with Crippen LogP contribution in [0.1, 0.15) is 12.8 Å². The summed E-state index contributed by atoms with van der Waals surface area (Å²) >= 11 is 0. The molecular weight excluding hydrogens is 220 g/mol. The van der Waals surface area contributed by atoms with E-state index in [0.29, 0.717) is 0 Å². The van der Waals surface area contributed by atoms with Gasteiger partial charge >= 0.3 is 10.0 Å². The first-order chi connectivity index (χ1) is 7.88. The number of aromatic nitrogens is 1. The summed E-state index contributed by atoms with van der Waals surface area (Å²) in [6.45, 7) is 2.36. The summed E-state index contributed by atoms with van der Waals surface area (Å²) in [6.07, 6.45) is 4.49. The number of anilines is 1. The highest BCUT2D eigenvalue weighted by Crippen LogP contribution is 2.15. The SMILES string of the molecule is CO[SiH2]OC.c1ccc(N2CCCC2)nc1. The first kappa shape index (κ1) is 13.2. The molecular formula is C11H20N2O2Si. The van der Waals surface area contributed by atoms with Crippen LogP contribution in [0.15, 0.2) is 24.4 Å². The van der Waals surface area contributed by atoms with Gasteiger partial charge in [-0.05, 0) is 25.0 Å². The molecule has 2 heterocycles. The predicted octanol–water partition coefficient (Wildman–Crippen LogP) is 0.960. The van der Waals surface area contributed by atoms with Crippen LogP contribution in [0.5, 0.6) is 0 Å². The molecule has 5 heteroatoms. The summed E-state index contributed by atoms with van der Waals surface area (Å²) in [7, 11) is 2.73. The number of hydrogen-bond acceptors (Lipinski definition) is 4. The molecule has 0 amide bonds. The Kier molecular flexibility index (Phi) is 6.79. The smallest absolute Gasteiger partial charge is 0.303 e. The Labute approximate surface area is 99.6 Å². The molecule has 0 N–H and O–H groups in total. The second-order valence-corrected chi connectivity index (χ2v) is 4.97. The Hall–Kier alpha value is -0.913. The van der Waals surface area contributed by atoms with Crippen molar-refractivity contribution < 1.29 is 8.85 Å². The second-order valence-electron chi connectivity index (χ2n) is 3.58. The topological polar surface area (TPSA) is 34.6 Å². The molecule has 1 aliphatic rings.